The van der Waals surface area contributed by atoms with Crippen LogP contribution in [-0.2, 0) is 35.1 Å². The number of amides is 5. The van der Waals surface area contributed by atoms with E-state index in [1.54, 1.807) is 65.6 Å². The number of hydrogen-bond acceptors (Lipinski definition) is 8. The Hall–Kier alpha value is -6.50. The van der Waals surface area contributed by atoms with Gasteiger partial charge in [0.15, 0.2) is 5.78 Å². The summed E-state index contributed by atoms with van der Waals surface area (Å²) in [5, 5.41) is 8.17. The Morgan fingerprint density at radius 1 is 0.607 bits per heavy atom. The first-order valence-corrected chi connectivity index (χ1v) is 18.6. The zero-order valence-corrected chi connectivity index (χ0v) is 31.3. The van der Waals surface area contributed by atoms with Crippen LogP contribution in [0.5, 0.6) is 0 Å². The van der Waals surface area contributed by atoms with E-state index >= 15 is 0 Å². The van der Waals surface area contributed by atoms with Crippen molar-refractivity contribution < 1.29 is 38.2 Å². The van der Waals surface area contributed by atoms with Crippen molar-refractivity contribution in [3.63, 3.8) is 0 Å². The lowest BCUT2D eigenvalue weighted by Gasteiger charge is -2.28. The molecule has 56 heavy (non-hydrogen) atoms. The van der Waals surface area contributed by atoms with E-state index in [0.29, 0.717) is 55.6 Å². The molecule has 0 unspecified atom stereocenters. The van der Waals surface area contributed by atoms with Gasteiger partial charge in [-0.05, 0) is 65.6 Å². The van der Waals surface area contributed by atoms with Crippen molar-refractivity contribution in [3.05, 3.63) is 126 Å². The molecule has 4 atom stereocenters. The second-order valence-electron chi connectivity index (χ2n) is 13.7. The van der Waals surface area contributed by atoms with Gasteiger partial charge in [-0.25, -0.2) is 9.59 Å². The van der Waals surface area contributed by atoms with Gasteiger partial charge in [-0.1, -0.05) is 97.1 Å². The number of anilines is 1. The molecule has 4 aromatic carbocycles. The summed E-state index contributed by atoms with van der Waals surface area (Å²) in [7, 11) is 2.46. The van der Waals surface area contributed by atoms with Gasteiger partial charge in [0.1, 0.15) is 18.1 Å². The average Bonchev–Trinajstić information content (AvgIpc) is 3.94. The van der Waals surface area contributed by atoms with Crippen molar-refractivity contribution in [2.45, 2.75) is 56.3 Å². The topological polar surface area (TPSA) is 163 Å². The number of ether oxygens (including phenoxy) is 2. The van der Waals surface area contributed by atoms with Crippen LogP contribution in [0.2, 0.25) is 0 Å². The molecule has 4 aromatic rings. The van der Waals surface area contributed by atoms with Gasteiger partial charge >= 0.3 is 12.2 Å². The molecule has 5 amide bonds. The molecule has 3 N–H and O–H groups in total. The first-order valence-electron chi connectivity index (χ1n) is 18.6. The molecule has 0 saturated carbocycles. The third-order valence-electron chi connectivity index (χ3n) is 10.2. The Bertz CT molecular complexity index is 1880. The number of alkyl carbamates (subject to hydrolysis) is 2. The Morgan fingerprint density at radius 2 is 1.05 bits per heavy atom. The molecule has 0 aromatic heterocycles. The number of likely N-dealkylation sites (tertiary alicyclic amines) is 2. The second kappa shape index (κ2) is 18.2. The second-order valence-corrected chi connectivity index (χ2v) is 13.7. The molecule has 2 fully saturated rings. The predicted molar refractivity (Wildman–Crippen MR) is 208 cm³/mol. The highest BCUT2D eigenvalue weighted by atomic mass is 16.5. The van der Waals surface area contributed by atoms with E-state index in [1.165, 1.54) is 19.1 Å². The van der Waals surface area contributed by atoms with Gasteiger partial charge in [0.25, 0.3) is 11.8 Å². The maximum absolute atomic E-state index is 13.7. The third kappa shape index (κ3) is 9.23. The summed E-state index contributed by atoms with van der Waals surface area (Å²) in [5.41, 5.74) is 4.37. The highest BCUT2D eigenvalue weighted by molar-refractivity contribution is 5.99. The number of hydrogen-bond donors (Lipinski definition) is 3. The van der Waals surface area contributed by atoms with Gasteiger partial charge in [-0.3, -0.25) is 19.2 Å². The normalized spacial score (nSPS) is 17.3. The molecule has 0 radical (unpaired) electrons. The quantitative estimate of drug-likeness (QED) is 0.169. The average molecular weight is 760 g/mol. The van der Waals surface area contributed by atoms with Crippen molar-refractivity contribution in [1.29, 1.82) is 0 Å². The molecule has 0 bridgehead atoms. The van der Waals surface area contributed by atoms with E-state index in [-0.39, 0.29) is 24.0 Å². The van der Waals surface area contributed by atoms with Gasteiger partial charge < -0.3 is 35.2 Å². The number of benzene rings is 4. The molecule has 2 saturated heterocycles. The molecule has 2 heterocycles. The number of carbonyl (C=O) groups is 6. The molecular formula is C43H45N5O8. The predicted octanol–water partition coefficient (Wildman–Crippen LogP) is 5.58. The summed E-state index contributed by atoms with van der Waals surface area (Å²) in [6.07, 6.45) is 1.02. The minimum atomic E-state index is -1.00. The Labute approximate surface area is 325 Å². The Balaban J connectivity index is 1.06. The number of methoxy groups -OCH3 is 2. The van der Waals surface area contributed by atoms with Crippen LogP contribution in [0, 0.1) is 0 Å². The van der Waals surface area contributed by atoms with Gasteiger partial charge in [0, 0.05) is 25.2 Å². The van der Waals surface area contributed by atoms with E-state index in [0.717, 1.165) is 16.7 Å². The first kappa shape index (κ1) is 39.2. The number of nitrogens with zero attached hydrogens (tertiary/aromatic N) is 2. The minimum Gasteiger partial charge on any atom is -0.453 e. The standard InChI is InChI=1S/C43H45N5O8/c1-55-42(53)45-37(31-11-5-3-6-12-31)40(51)47-25-9-15-34(47)36(49)27-28-17-19-29(20-18-28)30-21-23-33(24-22-30)44-39(50)35-16-10-26-48(35)41(52)38(46-43(54)56-2)32-13-7-4-8-14-32/h3-8,11-14,17-24,34-35,37-38H,9-10,15-16,25-27H2,1-2H3,(H,44,50)(H,45,53)(H,46,54)/t34-,35-,37+,38+/m0/s1. The van der Waals surface area contributed by atoms with E-state index < -0.39 is 42.3 Å². The Kier molecular flexibility index (Phi) is 12.8. The van der Waals surface area contributed by atoms with Gasteiger partial charge in [0.2, 0.25) is 5.91 Å². The maximum atomic E-state index is 13.7. The summed E-state index contributed by atoms with van der Waals surface area (Å²) in [6, 6.07) is 29.4. The molecule has 0 spiro atoms. The highest BCUT2D eigenvalue weighted by Crippen LogP contribution is 2.28. The lowest BCUT2D eigenvalue weighted by atomic mass is 9.98. The zero-order valence-electron chi connectivity index (χ0n) is 31.3. The summed E-state index contributed by atoms with van der Waals surface area (Å²) >= 11 is 0. The molecule has 6 rings (SSSR count). The SMILES string of the molecule is COC(=O)N[C@@H](C(=O)N1CCC[C@H]1C(=O)Cc1ccc(-c2ccc(NC(=O)[C@@H]3CCCN3C(=O)[C@H](NC(=O)OC)c3ccccc3)cc2)cc1)c1ccccc1. The van der Waals surface area contributed by atoms with Crippen LogP contribution in [0.15, 0.2) is 109 Å². The van der Waals surface area contributed by atoms with Gasteiger partial charge in [0.05, 0.1) is 20.3 Å². The first-order chi connectivity index (χ1) is 27.2. The van der Waals surface area contributed by atoms with Gasteiger partial charge in [-0.2, -0.15) is 0 Å². The van der Waals surface area contributed by atoms with E-state index in [9.17, 15) is 28.8 Å². The largest absolute Gasteiger partial charge is 0.453 e. The fourth-order valence-corrected chi connectivity index (χ4v) is 7.33. The molecule has 13 nitrogen and oxygen atoms in total. The van der Waals surface area contributed by atoms with E-state index in [4.69, 9.17) is 9.47 Å². The molecule has 2 aliphatic rings. The van der Waals surface area contributed by atoms with Crippen molar-refractivity contribution in [2.24, 2.45) is 0 Å². The van der Waals surface area contributed by atoms with Crippen molar-refractivity contribution in [2.75, 3.05) is 32.6 Å². The summed E-state index contributed by atoms with van der Waals surface area (Å²) in [5.74, 6) is -1.14. The fourth-order valence-electron chi connectivity index (χ4n) is 7.33. The van der Waals surface area contributed by atoms with Crippen LogP contribution in [0.1, 0.15) is 54.5 Å². The number of Topliss-reactive ketones (excluding diaryl/α,β-unsaturated/α-hetero) is 1. The lowest BCUT2D eigenvalue weighted by Crippen LogP contribution is -2.48. The smallest absolute Gasteiger partial charge is 0.407 e. The van der Waals surface area contributed by atoms with Gasteiger partial charge in [-0.15, -0.1) is 0 Å². The Morgan fingerprint density at radius 3 is 1.54 bits per heavy atom. The zero-order chi connectivity index (χ0) is 39.6. The van der Waals surface area contributed by atoms with Crippen LogP contribution >= 0.6 is 0 Å². The molecule has 290 valence electrons. The van der Waals surface area contributed by atoms with Crippen molar-refractivity contribution in [3.8, 4) is 11.1 Å². The van der Waals surface area contributed by atoms with Crippen LogP contribution in [0.3, 0.4) is 0 Å². The molecule has 0 aliphatic carbocycles. The highest BCUT2D eigenvalue weighted by Gasteiger charge is 2.39. The number of ketones is 1. The monoisotopic (exact) mass is 759 g/mol. The number of rotatable bonds is 12. The van der Waals surface area contributed by atoms with Crippen LogP contribution in [-0.4, -0.2) is 84.9 Å². The molecular weight excluding hydrogens is 714 g/mol. The third-order valence-corrected chi connectivity index (χ3v) is 10.2. The molecule has 13 heteroatoms. The van der Waals surface area contributed by atoms with E-state index in [1.807, 2.05) is 48.5 Å². The minimum absolute atomic E-state index is 0.0774. The number of nitrogens with one attached hydrogen (secondary N) is 3. The summed E-state index contributed by atoms with van der Waals surface area (Å²) in [4.78, 5) is 81.8. The molecule has 2 aliphatic heterocycles. The summed E-state index contributed by atoms with van der Waals surface area (Å²) in [6.45, 7) is 0.793. The van der Waals surface area contributed by atoms with Crippen LogP contribution in [0.4, 0.5) is 15.3 Å². The van der Waals surface area contributed by atoms with Crippen molar-refractivity contribution in [1.82, 2.24) is 20.4 Å². The maximum Gasteiger partial charge on any atom is 0.407 e. The summed E-state index contributed by atoms with van der Waals surface area (Å²) < 4.78 is 9.51. The van der Waals surface area contributed by atoms with Crippen LogP contribution < -0.4 is 16.0 Å². The fraction of sp³-hybridized carbons (Fsp3) is 0.302. The number of carbonyl (C=O) groups excluding carboxylic acids is 6. The lowest BCUT2D eigenvalue weighted by molar-refractivity contribution is -0.139. The van der Waals surface area contributed by atoms with Crippen molar-refractivity contribution >= 4 is 41.4 Å². The van der Waals surface area contributed by atoms with E-state index in [2.05, 4.69) is 16.0 Å². The van der Waals surface area contributed by atoms with Crippen LogP contribution in [0.25, 0.3) is 11.1 Å².